The molecular weight excluding hydrogens is 224 g/mol. The number of esters is 1. The van der Waals surface area contributed by atoms with Crippen molar-refractivity contribution < 1.29 is 11.0 Å². The third-order valence-corrected chi connectivity index (χ3v) is 3.08. The van der Waals surface area contributed by atoms with E-state index < -0.39 is 6.23 Å². The van der Waals surface area contributed by atoms with Gasteiger partial charge in [0, 0.05) is 18.6 Å². The highest BCUT2D eigenvalue weighted by molar-refractivity contribution is 7.13. The Labute approximate surface area is 97.4 Å². The van der Waals surface area contributed by atoms with E-state index in [1.807, 2.05) is 23.6 Å². The number of rotatable bonds is 2. The molecule has 0 radical (unpaired) electrons. The Balaban J connectivity index is 0.00000108. The maximum absolute atomic E-state index is 11.5. The van der Waals surface area contributed by atoms with Crippen LogP contribution in [0.3, 0.4) is 0 Å². The molecule has 0 saturated heterocycles. The smallest absolute Gasteiger partial charge is 0.340 e. The number of nitrogens with zero attached hydrogens (tertiary/aromatic N) is 1. The molecule has 1 aromatic carbocycles. The average molecular weight is 234 g/mol. The van der Waals surface area contributed by atoms with Gasteiger partial charge in [-0.05, 0) is 6.07 Å². The number of carbonyl (C=O) groups is 1. The number of thiazole rings is 1. The Kier molecular flexibility index (Phi) is 2.11. The van der Waals surface area contributed by atoms with Gasteiger partial charge in [-0.1, -0.05) is 18.2 Å². The summed E-state index contributed by atoms with van der Waals surface area (Å²) in [4.78, 5) is 15.6. The van der Waals surface area contributed by atoms with Crippen molar-refractivity contribution in [2.45, 2.75) is 6.23 Å². The van der Waals surface area contributed by atoms with Crippen LogP contribution in [-0.2, 0) is 4.74 Å². The van der Waals surface area contributed by atoms with Gasteiger partial charge in [0.2, 0.25) is 6.23 Å². The zero-order valence-electron chi connectivity index (χ0n) is 8.21. The van der Waals surface area contributed by atoms with E-state index in [4.69, 9.17) is 4.74 Å². The molecule has 1 aliphatic heterocycles. The van der Waals surface area contributed by atoms with Crippen LogP contribution in [0.15, 0.2) is 35.8 Å². The molecule has 1 aliphatic rings. The Bertz CT molecular complexity index is 530. The minimum Gasteiger partial charge on any atom is -0.434 e. The summed E-state index contributed by atoms with van der Waals surface area (Å²) in [5.41, 5.74) is 1.49. The summed E-state index contributed by atoms with van der Waals surface area (Å²) < 4.78 is 5.22. The van der Waals surface area contributed by atoms with Gasteiger partial charge in [0.1, 0.15) is 0 Å². The molecule has 5 heteroatoms. The molecule has 0 saturated carbocycles. The Hall–Kier alpha value is -1.88. The predicted octanol–water partition coefficient (Wildman–Crippen LogP) is 2.67. The van der Waals surface area contributed by atoms with Gasteiger partial charge in [-0.25, -0.2) is 9.78 Å². The number of carbonyl (C=O) groups excluding carboxylic acids is 1. The van der Waals surface area contributed by atoms with E-state index in [2.05, 4.69) is 10.3 Å². The second kappa shape index (κ2) is 3.61. The quantitative estimate of drug-likeness (QED) is 0.812. The molecule has 0 bridgehead atoms. The van der Waals surface area contributed by atoms with Gasteiger partial charge < -0.3 is 10.1 Å². The maximum Gasteiger partial charge on any atom is 0.340 e. The van der Waals surface area contributed by atoms with Crippen LogP contribution in [0.2, 0.25) is 0 Å². The third kappa shape index (κ3) is 1.45. The van der Waals surface area contributed by atoms with Crippen LogP contribution in [0.25, 0.3) is 0 Å². The summed E-state index contributed by atoms with van der Waals surface area (Å²) in [5.74, 6) is -0.287. The fraction of sp³-hybridized carbons (Fsp3) is 0.0909. The van der Waals surface area contributed by atoms with Gasteiger partial charge >= 0.3 is 5.97 Å². The molecule has 16 heavy (non-hydrogen) atoms. The summed E-state index contributed by atoms with van der Waals surface area (Å²) in [6.07, 6.45) is 1.28. The fourth-order valence-corrected chi connectivity index (χ4v) is 2.21. The second-order valence-corrected chi connectivity index (χ2v) is 4.25. The molecule has 1 atom stereocenters. The largest absolute Gasteiger partial charge is 0.434 e. The van der Waals surface area contributed by atoms with Crippen molar-refractivity contribution in [1.82, 2.24) is 4.98 Å². The lowest BCUT2D eigenvalue weighted by atomic mass is 10.1. The van der Waals surface area contributed by atoms with Crippen LogP contribution in [0.4, 0.5) is 5.13 Å². The fourth-order valence-electron chi connectivity index (χ4n) is 1.66. The molecule has 3 rings (SSSR count). The lowest BCUT2D eigenvalue weighted by Gasteiger charge is -2.11. The number of anilines is 1. The maximum atomic E-state index is 11.5. The predicted molar refractivity (Wildman–Crippen MR) is 62.4 cm³/mol. The van der Waals surface area contributed by atoms with E-state index >= 15 is 0 Å². The molecule has 0 spiro atoms. The Morgan fingerprint density at radius 1 is 1.44 bits per heavy atom. The highest BCUT2D eigenvalue weighted by Gasteiger charge is 2.30. The molecule has 4 nitrogen and oxygen atoms in total. The summed E-state index contributed by atoms with van der Waals surface area (Å²) in [7, 11) is 0. The van der Waals surface area contributed by atoms with Crippen LogP contribution in [0.5, 0.6) is 0 Å². The van der Waals surface area contributed by atoms with Crippen molar-refractivity contribution >= 4 is 22.4 Å². The molecule has 0 amide bonds. The monoisotopic (exact) mass is 234 g/mol. The number of fused-ring (bicyclic) bond motifs is 1. The van der Waals surface area contributed by atoms with Crippen LogP contribution < -0.4 is 5.32 Å². The van der Waals surface area contributed by atoms with E-state index in [9.17, 15) is 4.79 Å². The van der Waals surface area contributed by atoms with E-state index in [0.717, 1.165) is 10.7 Å². The number of hydrogen-bond acceptors (Lipinski definition) is 5. The Morgan fingerprint density at radius 3 is 3.12 bits per heavy atom. The number of benzene rings is 1. The molecule has 0 aliphatic carbocycles. The van der Waals surface area contributed by atoms with E-state index in [1.165, 1.54) is 11.3 Å². The molecule has 2 heterocycles. The standard InChI is InChI=1S/C11H8N2O2S.H2/c14-10-8-4-2-1-3-7(8)9(15-10)13-11-12-5-6-16-11;/h1-6,9H,(H,12,13);1H. The van der Waals surface area contributed by atoms with Crippen molar-refractivity contribution in [2.24, 2.45) is 0 Å². The van der Waals surface area contributed by atoms with Gasteiger partial charge in [0.25, 0.3) is 0 Å². The summed E-state index contributed by atoms with van der Waals surface area (Å²) in [6, 6.07) is 7.36. The van der Waals surface area contributed by atoms with Gasteiger partial charge in [-0.3, -0.25) is 0 Å². The number of ether oxygens (including phenoxy) is 1. The van der Waals surface area contributed by atoms with Gasteiger partial charge in [0.15, 0.2) is 5.13 Å². The lowest BCUT2D eigenvalue weighted by Crippen LogP contribution is -2.09. The van der Waals surface area contributed by atoms with Crippen molar-refractivity contribution in [1.29, 1.82) is 0 Å². The highest BCUT2D eigenvalue weighted by Crippen LogP contribution is 2.31. The molecule has 82 valence electrons. The summed E-state index contributed by atoms with van der Waals surface area (Å²) in [5, 5.41) is 5.68. The van der Waals surface area contributed by atoms with Gasteiger partial charge in [-0.15, -0.1) is 11.3 Å². The van der Waals surface area contributed by atoms with E-state index in [1.54, 1.807) is 12.3 Å². The number of aromatic nitrogens is 1. The minimum absolute atomic E-state index is 0. The molecule has 1 N–H and O–H groups in total. The van der Waals surface area contributed by atoms with E-state index in [-0.39, 0.29) is 7.40 Å². The van der Waals surface area contributed by atoms with Crippen molar-refractivity contribution in [2.75, 3.05) is 5.32 Å². The van der Waals surface area contributed by atoms with Crippen LogP contribution in [0.1, 0.15) is 23.6 Å². The number of hydrogen-bond donors (Lipinski definition) is 1. The van der Waals surface area contributed by atoms with Gasteiger partial charge in [0.05, 0.1) is 5.56 Å². The van der Waals surface area contributed by atoms with Crippen LogP contribution in [0, 0.1) is 0 Å². The second-order valence-electron chi connectivity index (χ2n) is 3.35. The zero-order valence-corrected chi connectivity index (χ0v) is 9.03. The summed E-state index contributed by atoms with van der Waals surface area (Å²) >= 11 is 1.47. The first kappa shape index (κ1) is 9.35. The first-order valence-electron chi connectivity index (χ1n) is 4.80. The van der Waals surface area contributed by atoms with Crippen molar-refractivity contribution in [3.8, 4) is 0 Å². The minimum atomic E-state index is -0.421. The first-order valence-corrected chi connectivity index (χ1v) is 5.68. The molecular formula is C11H10N2O2S. The Morgan fingerprint density at radius 2 is 2.31 bits per heavy atom. The lowest BCUT2D eigenvalue weighted by molar-refractivity contribution is 0.0437. The average Bonchev–Trinajstić information content (AvgIpc) is 2.90. The van der Waals surface area contributed by atoms with Crippen molar-refractivity contribution in [3.05, 3.63) is 47.0 Å². The number of cyclic esters (lactones) is 1. The summed E-state index contributed by atoms with van der Waals surface area (Å²) in [6.45, 7) is 0. The third-order valence-electron chi connectivity index (χ3n) is 2.37. The molecule has 1 aromatic heterocycles. The molecule has 0 fully saturated rings. The van der Waals surface area contributed by atoms with Crippen LogP contribution >= 0.6 is 11.3 Å². The first-order chi connectivity index (χ1) is 7.84. The van der Waals surface area contributed by atoms with Crippen LogP contribution in [-0.4, -0.2) is 11.0 Å². The molecule has 1 unspecified atom stereocenters. The van der Waals surface area contributed by atoms with Gasteiger partial charge in [-0.2, -0.15) is 0 Å². The number of nitrogens with one attached hydrogen (secondary N) is 1. The topological polar surface area (TPSA) is 51.2 Å². The SMILES string of the molecule is O=C1OC(Nc2nccs2)c2ccccc21.[HH]. The van der Waals surface area contributed by atoms with E-state index in [0.29, 0.717) is 5.56 Å². The normalized spacial score (nSPS) is 18.0. The zero-order chi connectivity index (χ0) is 11.0. The highest BCUT2D eigenvalue weighted by atomic mass is 32.1. The molecule has 2 aromatic rings. The van der Waals surface area contributed by atoms with Crippen molar-refractivity contribution in [3.63, 3.8) is 0 Å².